The van der Waals surface area contributed by atoms with E-state index in [0.29, 0.717) is 15.6 Å². The molecule has 0 bridgehead atoms. The van der Waals surface area contributed by atoms with E-state index in [0.717, 1.165) is 16.4 Å². The standard InChI is InChI=1S/C12H10Cl2F3N5OS/c13-6-1-2-8(14)7(3-6)10-20-21-11(22(10)18)24-4-9(23)19-5-12(15,16)17/h1-3H,4-5,18H2,(H,19,23). The SMILES string of the molecule is Nn1c(SCC(=O)NCC(F)(F)F)nnc1-c1cc(Cl)ccc1Cl. The van der Waals surface area contributed by atoms with E-state index in [-0.39, 0.29) is 16.7 Å². The molecule has 0 saturated carbocycles. The van der Waals surface area contributed by atoms with Gasteiger partial charge >= 0.3 is 6.18 Å². The maximum Gasteiger partial charge on any atom is 0.405 e. The number of carbonyl (C=O) groups excluding carboxylic acids is 1. The van der Waals surface area contributed by atoms with Gasteiger partial charge in [-0.05, 0) is 18.2 Å². The molecular formula is C12H10Cl2F3N5OS. The zero-order chi connectivity index (χ0) is 17.9. The van der Waals surface area contributed by atoms with Gasteiger partial charge < -0.3 is 11.2 Å². The Morgan fingerprint density at radius 3 is 2.71 bits per heavy atom. The molecule has 0 radical (unpaired) electrons. The molecule has 0 aliphatic rings. The van der Waals surface area contributed by atoms with Crippen LogP contribution in [0.25, 0.3) is 11.4 Å². The van der Waals surface area contributed by atoms with E-state index in [9.17, 15) is 18.0 Å². The number of amides is 1. The normalized spacial score (nSPS) is 11.5. The van der Waals surface area contributed by atoms with Crippen molar-refractivity contribution in [3.63, 3.8) is 0 Å². The van der Waals surface area contributed by atoms with Crippen molar-refractivity contribution in [3.8, 4) is 11.4 Å². The molecule has 1 amide bonds. The molecule has 0 aliphatic carbocycles. The van der Waals surface area contributed by atoms with Crippen LogP contribution in [-0.4, -0.2) is 39.3 Å². The summed E-state index contributed by atoms with van der Waals surface area (Å²) in [5.41, 5.74) is 0.438. The minimum absolute atomic E-state index is 0.142. The number of hydrogen-bond donors (Lipinski definition) is 2. The summed E-state index contributed by atoms with van der Waals surface area (Å²) in [5, 5.41) is 10.3. The number of carbonyl (C=O) groups is 1. The van der Waals surface area contributed by atoms with E-state index in [1.165, 1.54) is 0 Å². The number of rotatable bonds is 5. The number of aromatic nitrogens is 3. The highest BCUT2D eigenvalue weighted by atomic mass is 35.5. The average molecular weight is 400 g/mol. The van der Waals surface area contributed by atoms with E-state index in [4.69, 9.17) is 29.0 Å². The molecule has 0 aliphatic heterocycles. The number of nitrogens with one attached hydrogen (secondary N) is 1. The molecule has 6 nitrogen and oxygen atoms in total. The molecule has 0 spiro atoms. The van der Waals surface area contributed by atoms with Gasteiger partial charge in [-0.2, -0.15) is 13.2 Å². The first-order valence-corrected chi connectivity index (χ1v) is 8.03. The summed E-state index contributed by atoms with van der Waals surface area (Å²) in [6.07, 6.45) is -4.47. The fraction of sp³-hybridized carbons (Fsp3) is 0.250. The summed E-state index contributed by atoms with van der Waals surface area (Å²) in [7, 11) is 0. The summed E-state index contributed by atoms with van der Waals surface area (Å²) < 4.78 is 37.1. The van der Waals surface area contributed by atoms with Gasteiger partial charge in [0.25, 0.3) is 0 Å². The Morgan fingerprint density at radius 1 is 1.33 bits per heavy atom. The minimum atomic E-state index is -4.47. The molecule has 24 heavy (non-hydrogen) atoms. The Kier molecular flexibility index (Phi) is 5.83. The number of nitrogens with zero attached hydrogens (tertiary/aromatic N) is 3. The minimum Gasteiger partial charge on any atom is -0.346 e. The Labute approximate surface area is 148 Å². The lowest BCUT2D eigenvalue weighted by Gasteiger charge is -2.08. The summed E-state index contributed by atoms with van der Waals surface area (Å²) >= 11 is 12.8. The van der Waals surface area contributed by atoms with Gasteiger partial charge in [0.1, 0.15) is 6.54 Å². The van der Waals surface area contributed by atoms with Crippen molar-refractivity contribution in [2.75, 3.05) is 18.1 Å². The molecule has 0 fully saturated rings. The van der Waals surface area contributed by atoms with Crippen molar-refractivity contribution < 1.29 is 18.0 Å². The average Bonchev–Trinajstić information content (AvgIpc) is 2.86. The summed E-state index contributed by atoms with van der Waals surface area (Å²) in [5.74, 6) is 4.95. The van der Waals surface area contributed by atoms with Crippen molar-refractivity contribution in [2.45, 2.75) is 11.3 Å². The monoisotopic (exact) mass is 399 g/mol. The largest absolute Gasteiger partial charge is 0.405 e. The molecule has 0 saturated heterocycles. The predicted molar refractivity (Wildman–Crippen MR) is 85.4 cm³/mol. The van der Waals surface area contributed by atoms with Crippen molar-refractivity contribution in [2.24, 2.45) is 0 Å². The number of benzene rings is 1. The van der Waals surface area contributed by atoms with Gasteiger partial charge in [0, 0.05) is 10.6 Å². The zero-order valence-corrected chi connectivity index (χ0v) is 14.1. The van der Waals surface area contributed by atoms with Crippen LogP contribution >= 0.6 is 35.0 Å². The van der Waals surface area contributed by atoms with Crippen LogP contribution < -0.4 is 11.2 Å². The molecule has 2 rings (SSSR count). The maximum absolute atomic E-state index is 12.0. The lowest BCUT2D eigenvalue weighted by atomic mass is 10.2. The molecule has 0 atom stereocenters. The predicted octanol–water partition coefficient (Wildman–Crippen LogP) is 2.74. The third kappa shape index (κ3) is 4.92. The van der Waals surface area contributed by atoms with Gasteiger partial charge in [-0.1, -0.05) is 35.0 Å². The molecule has 1 aromatic carbocycles. The zero-order valence-electron chi connectivity index (χ0n) is 11.8. The van der Waals surface area contributed by atoms with Crippen molar-refractivity contribution in [1.82, 2.24) is 20.2 Å². The topological polar surface area (TPSA) is 85.8 Å². The molecule has 3 N–H and O–H groups in total. The van der Waals surface area contributed by atoms with E-state index in [1.807, 2.05) is 0 Å². The lowest BCUT2D eigenvalue weighted by Crippen LogP contribution is -2.34. The molecule has 1 heterocycles. The first-order chi connectivity index (χ1) is 11.2. The number of alkyl halides is 3. The second-order valence-electron chi connectivity index (χ2n) is 4.48. The third-order valence-electron chi connectivity index (χ3n) is 2.65. The molecule has 0 unspecified atom stereocenters. The number of hydrogen-bond acceptors (Lipinski definition) is 5. The second-order valence-corrected chi connectivity index (χ2v) is 6.27. The second kappa shape index (κ2) is 7.49. The van der Waals surface area contributed by atoms with Crippen molar-refractivity contribution in [1.29, 1.82) is 0 Å². The maximum atomic E-state index is 12.0. The fourth-order valence-corrected chi connectivity index (χ4v) is 2.67. The highest BCUT2D eigenvalue weighted by Gasteiger charge is 2.27. The first kappa shape index (κ1) is 18.7. The fourth-order valence-electron chi connectivity index (χ4n) is 1.61. The van der Waals surface area contributed by atoms with Crippen LogP contribution in [0.3, 0.4) is 0 Å². The van der Waals surface area contributed by atoms with Crippen molar-refractivity contribution >= 4 is 40.9 Å². The van der Waals surface area contributed by atoms with Gasteiger partial charge in [-0.25, -0.2) is 4.68 Å². The number of nitrogens with two attached hydrogens (primary N) is 1. The summed E-state index contributed by atoms with van der Waals surface area (Å²) in [6.45, 7) is -1.40. The van der Waals surface area contributed by atoms with Gasteiger partial charge in [-0.15, -0.1) is 10.2 Å². The van der Waals surface area contributed by atoms with E-state index < -0.39 is 18.6 Å². The van der Waals surface area contributed by atoms with Crippen LogP contribution in [0.5, 0.6) is 0 Å². The third-order valence-corrected chi connectivity index (χ3v) is 4.16. The Bertz CT molecular complexity index is 753. The van der Waals surface area contributed by atoms with Gasteiger partial charge in [-0.3, -0.25) is 4.79 Å². The molecule has 1 aromatic heterocycles. The Balaban J connectivity index is 2.05. The number of nitrogen functional groups attached to an aromatic ring is 1. The summed E-state index contributed by atoms with van der Waals surface area (Å²) in [4.78, 5) is 11.4. The van der Waals surface area contributed by atoms with Crippen LogP contribution in [0.1, 0.15) is 0 Å². The van der Waals surface area contributed by atoms with Crippen LogP contribution in [-0.2, 0) is 4.79 Å². The molecule has 130 valence electrons. The van der Waals surface area contributed by atoms with Crippen LogP contribution in [0, 0.1) is 0 Å². The smallest absolute Gasteiger partial charge is 0.346 e. The Hall–Kier alpha value is -1.65. The van der Waals surface area contributed by atoms with E-state index >= 15 is 0 Å². The van der Waals surface area contributed by atoms with Crippen molar-refractivity contribution in [3.05, 3.63) is 28.2 Å². The molecular weight excluding hydrogens is 390 g/mol. The van der Waals surface area contributed by atoms with Gasteiger partial charge in [0.2, 0.25) is 11.1 Å². The van der Waals surface area contributed by atoms with Gasteiger partial charge in [0.05, 0.1) is 10.8 Å². The highest BCUT2D eigenvalue weighted by molar-refractivity contribution is 7.99. The van der Waals surface area contributed by atoms with E-state index in [1.54, 1.807) is 23.5 Å². The van der Waals surface area contributed by atoms with Gasteiger partial charge in [0.15, 0.2) is 5.82 Å². The Morgan fingerprint density at radius 2 is 2.04 bits per heavy atom. The first-order valence-electron chi connectivity index (χ1n) is 6.29. The van der Waals surface area contributed by atoms with Crippen LogP contribution in [0.2, 0.25) is 10.0 Å². The van der Waals surface area contributed by atoms with Crippen LogP contribution in [0.15, 0.2) is 23.4 Å². The molecule has 2 aromatic rings. The number of thioether (sulfide) groups is 1. The van der Waals surface area contributed by atoms with E-state index in [2.05, 4.69) is 10.2 Å². The molecule has 12 heteroatoms. The number of halogens is 5. The lowest BCUT2D eigenvalue weighted by molar-refractivity contribution is -0.136. The quantitative estimate of drug-likeness (QED) is 0.596. The highest BCUT2D eigenvalue weighted by Crippen LogP contribution is 2.30. The van der Waals surface area contributed by atoms with Crippen LogP contribution in [0.4, 0.5) is 13.2 Å². The summed E-state index contributed by atoms with van der Waals surface area (Å²) in [6, 6.07) is 4.69.